The van der Waals surface area contributed by atoms with Gasteiger partial charge in [0.25, 0.3) is 5.91 Å². The van der Waals surface area contributed by atoms with Crippen molar-refractivity contribution in [2.45, 2.75) is 50.3 Å². The highest BCUT2D eigenvalue weighted by Gasteiger charge is 2.31. The number of carbonyl (C=O) groups excluding carboxylic acids is 2. The quantitative estimate of drug-likeness (QED) is 0.721. The molecular formula is C23H27N3O3S. The molecule has 0 radical (unpaired) electrons. The topological polar surface area (TPSA) is 71.5 Å². The van der Waals surface area contributed by atoms with Crippen molar-refractivity contribution >= 4 is 23.6 Å². The minimum atomic E-state index is -0.286. The number of benzene rings is 1. The van der Waals surface area contributed by atoms with Crippen molar-refractivity contribution in [3.63, 3.8) is 0 Å². The van der Waals surface area contributed by atoms with Crippen molar-refractivity contribution < 1.29 is 14.3 Å². The van der Waals surface area contributed by atoms with Crippen LogP contribution in [0.3, 0.4) is 0 Å². The fourth-order valence-corrected chi connectivity index (χ4v) is 4.77. The van der Waals surface area contributed by atoms with E-state index in [9.17, 15) is 9.59 Å². The van der Waals surface area contributed by atoms with E-state index < -0.39 is 0 Å². The number of pyridine rings is 1. The van der Waals surface area contributed by atoms with Crippen molar-refractivity contribution in [1.29, 1.82) is 0 Å². The van der Waals surface area contributed by atoms with E-state index in [4.69, 9.17) is 4.74 Å². The third kappa shape index (κ3) is 4.84. The predicted octanol–water partition coefficient (Wildman–Crippen LogP) is 2.86. The number of thioether (sulfide) groups is 1. The van der Waals surface area contributed by atoms with Gasteiger partial charge >= 0.3 is 0 Å². The number of nitrogens with zero attached hydrogens (tertiary/aromatic N) is 2. The number of hydrogen-bond donors (Lipinski definition) is 1. The maximum Gasteiger partial charge on any atom is 0.252 e. The summed E-state index contributed by atoms with van der Waals surface area (Å²) in [6.45, 7) is 4.36. The molecule has 30 heavy (non-hydrogen) atoms. The largest absolute Gasteiger partial charge is 0.368 e. The first kappa shape index (κ1) is 20.9. The lowest BCUT2D eigenvalue weighted by atomic mass is 9.94. The average Bonchev–Trinajstić information content (AvgIpc) is 3.32. The Bertz CT molecular complexity index is 913. The van der Waals surface area contributed by atoms with Crippen LogP contribution in [0.15, 0.2) is 41.4 Å². The number of fused-ring (bicyclic) bond motifs is 1. The molecule has 0 saturated carbocycles. The second-order valence-electron chi connectivity index (χ2n) is 7.72. The predicted molar refractivity (Wildman–Crippen MR) is 116 cm³/mol. The molecule has 1 atom stereocenters. The third-order valence-electron chi connectivity index (χ3n) is 5.69. The van der Waals surface area contributed by atoms with E-state index in [-0.39, 0.29) is 17.9 Å². The Balaban J connectivity index is 1.37. The van der Waals surface area contributed by atoms with Gasteiger partial charge in [-0.3, -0.25) is 14.6 Å². The molecule has 3 heterocycles. The van der Waals surface area contributed by atoms with Gasteiger partial charge < -0.3 is 15.0 Å². The number of aromatic nitrogens is 1. The summed E-state index contributed by atoms with van der Waals surface area (Å²) in [5.41, 5.74) is 4.30. The van der Waals surface area contributed by atoms with Gasteiger partial charge in [0.15, 0.2) is 0 Å². The third-order valence-corrected chi connectivity index (χ3v) is 6.70. The van der Waals surface area contributed by atoms with E-state index >= 15 is 0 Å². The van der Waals surface area contributed by atoms with Gasteiger partial charge in [-0.05, 0) is 55.0 Å². The summed E-state index contributed by atoms with van der Waals surface area (Å²) in [5.74, 6) is 0.480. The van der Waals surface area contributed by atoms with E-state index in [1.54, 1.807) is 0 Å². The first-order valence-electron chi connectivity index (χ1n) is 10.4. The highest BCUT2D eigenvalue weighted by Crippen LogP contribution is 2.26. The summed E-state index contributed by atoms with van der Waals surface area (Å²) in [5, 5.41) is 3.04. The minimum Gasteiger partial charge on any atom is -0.368 e. The zero-order chi connectivity index (χ0) is 20.9. The van der Waals surface area contributed by atoms with Crippen LogP contribution in [0, 0.1) is 6.92 Å². The Morgan fingerprint density at radius 3 is 2.90 bits per heavy atom. The summed E-state index contributed by atoms with van der Waals surface area (Å²) in [6, 6.07) is 9.91. The normalized spacial score (nSPS) is 18.2. The molecule has 1 unspecified atom stereocenters. The Morgan fingerprint density at radius 2 is 2.13 bits per heavy atom. The SMILES string of the molecule is Cc1ncc2c(c1CNC(=O)CSc1ccccc1)CCN(C(=O)C1CCCO1)C2. The number of carbonyl (C=O) groups is 2. The highest BCUT2D eigenvalue weighted by atomic mass is 32.2. The standard InChI is InChI=1S/C23H27N3O3S/c1-16-20(13-25-22(27)15-30-18-6-3-2-4-7-18)19-9-10-26(14-17(19)12-24-16)23(28)21-8-5-11-29-21/h2-4,6-7,12,21H,5,8-11,13-15H2,1H3,(H,25,27). The summed E-state index contributed by atoms with van der Waals surface area (Å²) in [6.07, 6.45) is 4.13. The van der Waals surface area contributed by atoms with Crippen LogP contribution in [-0.4, -0.2) is 46.7 Å². The molecule has 4 rings (SSSR count). The molecule has 2 aromatic rings. The molecule has 1 saturated heterocycles. The Kier molecular flexibility index (Phi) is 6.69. The second-order valence-corrected chi connectivity index (χ2v) is 8.76. The zero-order valence-electron chi connectivity index (χ0n) is 17.2. The lowest BCUT2D eigenvalue weighted by molar-refractivity contribution is -0.141. The molecule has 1 N–H and O–H groups in total. The van der Waals surface area contributed by atoms with Crippen LogP contribution in [-0.2, 0) is 33.8 Å². The molecule has 0 bridgehead atoms. The molecule has 0 aliphatic carbocycles. The van der Waals surface area contributed by atoms with E-state index in [1.807, 2.05) is 48.4 Å². The zero-order valence-corrected chi connectivity index (χ0v) is 18.0. The number of rotatable bonds is 6. The summed E-state index contributed by atoms with van der Waals surface area (Å²) in [4.78, 5) is 32.5. The molecule has 2 amide bonds. The molecule has 6 nitrogen and oxygen atoms in total. The fourth-order valence-electron chi connectivity index (χ4n) is 4.02. The van der Waals surface area contributed by atoms with Gasteiger partial charge in [0, 0.05) is 43.0 Å². The molecule has 1 fully saturated rings. The number of nitrogens with one attached hydrogen (secondary N) is 1. The minimum absolute atomic E-state index is 0.00634. The molecule has 7 heteroatoms. The van der Waals surface area contributed by atoms with E-state index in [0.29, 0.717) is 32.0 Å². The lowest BCUT2D eigenvalue weighted by Crippen LogP contribution is -2.42. The van der Waals surface area contributed by atoms with Gasteiger partial charge in [0.05, 0.1) is 5.75 Å². The van der Waals surface area contributed by atoms with Gasteiger partial charge in [0.2, 0.25) is 5.91 Å². The van der Waals surface area contributed by atoms with Crippen LogP contribution in [0.1, 0.15) is 35.2 Å². The van der Waals surface area contributed by atoms with Crippen molar-refractivity contribution in [1.82, 2.24) is 15.2 Å². The molecular weight excluding hydrogens is 398 g/mol. The maximum atomic E-state index is 12.7. The van der Waals surface area contributed by atoms with Gasteiger partial charge in [-0.1, -0.05) is 18.2 Å². The monoisotopic (exact) mass is 425 g/mol. The van der Waals surface area contributed by atoms with Crippen LogP contribution < -0.4 is 5.32 Å². The van der Waals surface area contributed by atoms with Crippen LogP contribution in [0.25, 0.3) is 0 Å². The van der Waals surface area contributed by atoms with Gasteiger partial charge in [-0.25, -0.2) is 0 Å². The van der Waals surface area contributed by atoms with Crippen molar-refractivity contribution in [3.05, 3.63) is 58.9 Å². The molecule has 2 aliphatic heterocycles. The molecule has 1 aromatic heterocycles. The number of hydrogen-bond acceptors (Lipinski definition) is 5. The molecule has 2 aliphatic rings. The second kappa shape index (κ2) is 9.62. The smallest absolute Gasteiger partial charge is 0.252 e. The lowest BCUT2D eigenvalue weighted by Gasteiger charge is -2.32. The Morgan fingerprint density at radius 1 is 1.30 bits per heavy atom. The van der Waals surface area contributed by atoms with Gasteiger partial charge in [-0.2, -0.15) is 0 Å². The van der Waals surface area contributed by atoms with Gasteiger partial charge in [-0.15, -0.1) is 11.8 Å². The van der Waals surface area contributed by atoms with Crippen molar-refractivity contribution in [2.24, 2.45) is 0 Å². The first-order valence-corrected chi connectivity index (χ1v) is 11.4. The summed E-state index contributed by atoms with van der Waals surface area (Å²) < 4.78 is 5.56. The number of aryl methyl sites for hydroxylation is 1. The van der Waals surface area contributed by atoms with Crippen LogP contribution >= 0.6 is 11.8 Å². The summed E-state index contributed by atoms with van der Waals surface area (Å²) in [7, 11) is 0. The Hall–Kier alpha value is -2.38. The maximum absolute atomic E-state index is 12.7. The molecule has 158 valence electrons. The fraction of sp³-hybridized carbons (Fsp3) is 0.435. The number of amides is 2. The average molecular weight is 426 g/mol. The van der Waals surface area contributed by atoms with Crippen LogP contribution in [0.5, 0.6) is 0 Å². The van der Waals surface area contributed by atoms with Crippen LogP contribution in [0.2, 0.25) is 0 Å². The Labute approximate surface area is 181 Å². The van der Waals surface area contributed by atoms with E-state index in [0.717, 1.165) is 41.0 Å². The van der Waals surface area contributed by atoms with Crippen molar-refractivity contribution in [2.75, 3.05) is 18.9 Å². The summed E-state index contributed by atoms with van der Waals surface area (Å²) >= 11 is 1.53. The van der Waals surface area contributed by atoms with Crippen molar-refractivity contribution in [3.8, 4) is 0 Å². The number of ether oxygens (including phenoxy) is 1. The molecule has 1 aromatic carbocycles. The van der Waals surface area contributed by atoms with Crippen LogP contribution in [0.4, 0.5) is 0 Å². The van der Waals surface area contributed by atoms with E-state index in [2.05, 4.69) is 10.3 Å². The van der Waals surface area contributed by atoms with E-state index in [1.165, 1.54) is 17.3 Å². The molecule has 0 spiro atoms. The highest BCUT2D eigenvalue weighted by molar-refractivity contribution is 8.00. The van der Waals surface area contributed by atoms with Gasteiger partial charge in [0.1, 0.15) is 6.10 Å². The first-order chi connectivity index (χ1) is 14.6.